The van der Waals surface area contributed by atoms with Crippen molar-refractivity contribution >= 4 is 63.0 Å². The fourth-order valence-electron chi connectivity index (χ4n) is 7.30. The number of fused-ring (bicyclic) bond motifs is 6. The molecule has 0 saturated heterocycles. The normalized spacial score (nSPS) is 11.6. The van der Waals surface area contributed by atoms with E-state index in [0.717, 1.165) is 22.3 Å². The maximum Gasteiger partial charge on any atom is 0.0434 e. The minimum absolute atomic E-state index is 1.14. The number of nitrogens with zero attached hydrogens (tertiary/aromatic N) is 2. The molecule has 2 nitrogen and oxygen atoms in total. The van der Waals surface area contributed by atoms with Crippen LogP contribution in [-0.4, -0.2) is 9.97 Å². The van der Waals surface area contributed by atoms with E-state index in [1.807, 2.05) is 47.5 Å². The molecule has 0 spiro atoms. The third-order valence-electron chi connectivity index (χ3n) is 9.69. The van der Waals surface area contributed by atoms with Crippen LogP contribution in [0.5, 0.6) is 0 Å². The van der Waals surface area contributed by atoms with Crippen LogP contribution in [0.2, 0.25) is 0 Å². The summed E-state index contributed by atoms with van der Waals surface area (Å²) in [7, 11) is 0. The monoisotopic (exact) mass is 672 g/mol. The topological polar surface area (TPSA) is 25.8 Å². The molecule has 4 aromatic heterocycles. The van der Waals surface area contributed by atoms with E-state index in [4.69, 9.17) is 0 Å². The van der Waals surface area contributed by atoms with Crippen LogP contribution < -0.4 is 0 Å². The van der Waals surface area contributed by atoms with Crippen molar-refractivity contribution in [3.63, 3.8) is 0 Å². The second-order valence-corrected chi connectivity index (χ2v) is 14.7. The second kappa shape index (κ2) is 11.9. The Hall–Kier alpha value is -5.94. The van der Waals surface area contributed by atoms with Gasteiger partial charge in [-0.05, 0) is 99.1 Å². The average molecular weight is 673 g/mol. The predicted molar refractivity (Wildman–Crippen MR) is 215 cm³/mol. The molecule has 4 heteroatoms. The van der Waals surface area contributed by atoms with Crippen LogP contribution in [0.1, 0.15) is 0 Å². The Bertz CT molecular complexity index is 2810. The number of aromatic nitrogens is 2. The van der Waals surface area contributed by atoms with Crippen molar-refractivity contribution in [3.8, 4) is 55.6 Å². The van der Waals surface area contributed by atoms with Crippen LogP contribution >= 0.6 is 22.7 Å². The van der Waals surface area contributed by atoms with Crippen LogP contribution in [0, 0.1) is 0 Å². The van der Waals surface area contributed by atoms with Gasteiger partial charge in [-0.2, -0.15) is 0 Å². The maximum absolute atomic E-state index is 4.26. The first-order valence-corrected chi connectivity index (χ1v) is 18.3. The Morgan fingerprint density at radius 1 is 0.300 bits per heavy atom. The highest BCUT2D eigenvalue weighted by Gasteiger charge is 2.17. The molecule has 0 saturated carbocycles. The Kier molecular flexibility index (Phi) is 6.90. The summed E-state index contributed by atoms with van der Waals surface area (Å²) in [4.78, 5) is 8.51. The van der Waals surface area contributed by atoms with Crippen LogP contribution in [0.4, 0.5) is 0 Å². The third kappa shape index (κ3) is 4.84. The summed E-state index contributed by atoms with van der Waals surface area (Å²) in [5.41, 5.74) is 12.1. The highest BCUT2D eigenvalue weighted by molar-refractivity contribution is 7.27. The lowest BCUT2D eigenvalue weighted by atomic mass is 9.92. The fraction of sp³-hybridized carbons (Fsp3) is 0. The summed E-state index contributed by atoms with van der Waals surface area (Å²) in [6.45, 7) is 0. The number of hydrogen-bond acceptors (Lipinski definition) is 4. The van der Waals surface area contributed by atoms with Gasteiger partial charge in [0.1, 0.15) is 0 Å². The zero-order valence-corrected chi connectivity index (χ0v) is 28.5. The van der Waals surface area contributed by atoms with Crippen LogP contribution in [0.15, 0.2) is 170 Å². The first kappa shape index (κ1) is 29.0. The molecule has 50 heavy (non-hydrogen) atoms. The maximum atomic E-state index is 4.26. The summed E-state index contributed by atoms with van der Waals surface area (Å²) >= 11 is 3.81. The molecule has 6 aromatic carbocycles. The van der Waals surface area contributed by atoms with Crippen LogP contribution in [-0.2, 0) is 0 Å². The lowest BCUT2D eigenvalue weighted by Gasteiger charge is -2.12. The third-order valence-corrected chi connectivity index (χ3v) is 12.2. The summed E-state index contributed by atoms with van der Waals surface area (Å²) < 4.78 is 5.34. The number of rotatable bonds is 5. The van der Waals surface area contributed by atoms with Crippen LogP contribution in [0.25, 0.3) is 96.0 Å². The van der Waals surface area contributed by atoms with Gasteiger partial charge in [0.2, 0.25) is 0 Å². The molecule has 4 heterocycles. The molecule has 0 aliphatic heterocycles. The molecular formula is C46H28N2S2. The number of pyridine rings is 2. The molecule has 0 radical (unpaired) electrons. The van der Waals surface area contributed by atoms with Gasteiger partial charge in [0.05, 0.1) is 0 Å². The molecule has 234 valence electrons. The minimum atomic E-state index is 1.14. The molecule has 0 unspecified atom stereocenters. The van der Waals surface area contributed by atoms with E-state index in [-0.39, 0.29) is 0 Å². The Morgan fingerprint density at radius 3 is 1.38 bits per heavy atom. The lowest BCUT2D eigenvalue weighted by molar-refractivity contribution is 1.33. The van der Waals surface area contributed by atoms with E-state index in [1.165, 1.54) is 73.7 Å². The Morgan fingerprint density at radius 2 is 0.740 bits per heavy atom. The molecule has 10 aromatic rings. The van der Waals surface area contributed by atoms with Gasteiger partial charge in [-0.15, -0.1) is 22.7 Å². The predicted octanol–water partition coefficient (Wildman–Crippen LogP) is 13.5. The molecular weight excluding hydrogens is 645 g/mol. The van der Waals surface area contributed by atoms with E-state index < -0.39 is 0 Å². The Balaban J connectivity index is 1.13. The first-order chi connectivity index (χ1) is 24.8. The average Bonchev–Trinajstić information content (AvgIpc) is 3.77. The van der Waals surface area contributed by atoms with Crippen molar-refractivity contribution in [2.24, 2.45) is 0 Å². The summed E-state index contributed by atoms with van der Waals surface area (Å²) in [5, 5.41) is 5.28. The van der Waals surface area contributed by atoms with Crippen LogP contribution in [0.3, 0.4) is 0 Å². The van der Waals surface area contributed by atoms with E-state index in [0.29, 0.717) is 0 Å². The smallest absolute Gasteiger partial charge is 0.0434 e. The van der Waals surface area contributed by atoms with E-state index in [9.17, 15) is 0 Å². The zero-order valence-electron chi connectivity index (χ0n) is 26.9. The number of thiophene rings is 2. The van der Waals surface area contributed by atoms with Crippen molar-refractivity contribution in [3.05, 3.63) is 170 Å². The quantitative estimate of drug-likeness (QED) is 0.182. The lowest BCUT2D eigenvalue weighted by Crippen LogP contribution is -1.87. The van der Waals surface area contributed by atoms with Crippen molar-refractivity contribution in [1.82, 2.24) is 9.97 Å². The van der Waals surface area contributed by atoms with Crippen molar-refractivity contribution in [2.45, 2.75) is 0 Å². The van der Waals surface area contributed by atoms with Gasteiger partial charge in [-0.3, -0.25) is 9.97 Å². The first-order valence-electron chi connectivity index (χ1n) is 16.7. The fourth-order valence-corrected chi connectivity index (χ4v) is 9.90. The Labute approximate surface area is 297 Å². The van der Waals surface area contributed by atoms with E-state index >= 15 is 0 Å². The summed E-state index contributed by atoms with van der Waals surface area (Å²) in [5.74, 6) is 0. The summed E-state index contributed by atoms with van der Waals surface area (Å²) in [6.07, 6.45) is 7.42. The van der Waals surface area contributed by atoms with Crippen molar-refractivity contribution in [1.29, 1.82) is 0 Å². The molecule has 0 bridgehead atoms. The molecule has 0 atom stereocenters. The molecule has 0 amide bonds. The van der Waals surface area contributed by atoms with Gasteiger partial charge in [-0.25, -0.2) is 0 Å². The van der Waals surface area contributed by atoms with Crippen molar-refractivity contribution in [2.75, 3.05) is 0 Å². The standard InChI is InChI=1S/C46H28N2S2/c1-2-16-43-37(9-1)38-11-5-13-40(45(38)49-43)42-15-6-14-41-39-12-4-10-36(44(39)50-46(41)42)32-8-3-7-31(25-32)35-27-33(29-17-21-47-22-18-29)26-34(28-35)30-19-23-48-24-20-30/h1-28H. The molecule has 0 N–H and O–H groups in total. The molecule has 0 aliphatic rings. The van der Waals surface area contributed by atoms with Gasteiger partial charge in [0.25, 0.3) is 0 Å². The molecule has 0 aliphatic carbocycles. The van der Waals surface area contributed by atoms with Gasteiger partial charge in [0.15, 0.2) is 0 Å². The molecule has 0 fully saturated rings. The van der Waals surface area contributed by atoms with Gasteiger partial charge < -0.3 is 0 Å². The minimum Gasteiger partial charge on any atom is -0.265 e. The van der Waals surface area contributed by atoms with Crippen molar-refractivity contribution < 1.29 is 0 Å². The molecule has 10 rings (SSSR count). The van der Waals surface area contributed by atoms with Gasteiger partial charge in [0, 0.05) is 76.3 Å². The number of benzene rings is 6. The van der Waals surface area contributed by atoms with E-state index in [1.54, 1.807) is 0 Å². The second-order valence-electron chi connectivity index (χ2n) is 12.6. The summed E-state index contributed by atoms with van der Waals surface area (Å²) in [6, 6.07) is 53.2. The van der Waals surface area contributed by atoms with Gasteiger partial charge in [-0.1, -0.05) is 91.0 Å². The SMILES string of the molecule is c1cc(-c2cc(-c3ccncc3)cc(-c3ccncc3)c2)cc(-c2cccc3c2sc2c(-c4cccc5c4sc4ccccc45)cccc23)c1. The van der Waals surface area contributed by atoms with E-state index in [2.05, 4.69) is 156 Å². The van der Waals surface area contributed by atoms with Gasteiger partial charge >= 0.3 is 0 Å². The highest BCUT2D eigenvalue weighted by Crippen LogP contribution is 2.47. The number of hydrogen-bond donors (Lipinski definition) is 0. The zero-order chi connectivity index (χ0) is 33.0. The highest BCUT2D eigenvalue weighted by atomic mass is 32.1. The largest absolute Gasteiger partial charge is 0.265 e.